The average Bonchev–Trinajstić information content (AvgIpc) is 2.90. The molecular formula is C19H24N2O3S. The highest BCUT2D eigenvalue weighted by atomic mass is 32.1. The topological polar surface area (TPSA) is 60.5 Å². The van der Waals surface area contributed by atoms with E-state index < -0.39 is 0 Å². The molecule has 0 unspecified atom stereocenters. The molecule has 3 rings (SSSR count). The van der Waals surface area contributed by atoms with Gasteiger partial charge in [0.2, 0.25) is 0 Å². The number of fused-ring (bicyclic) bond motifs is 1. The van der Waals surface area contributed by atoms with Crippen LogP contribution in [0.15, 0.2) is 23.6 Å². The lowest BCUT2D eigenvalue weighted by Crippen LogP contribution is -2.27. The Kier molecular flexibility index (Phi) is 5.58. The van der Waals surface area contributed by atoms with E-state index in [0.29, 0.717) is 24.8 Å². The van der Waals surface area contributed by atoms with E-state index in [1.54, 1.807) is 11.3 Å². The Morgan fingerprint density at radius 2 is 2.00 bits per heavy atom. The first-order valence-corrected chi connectivity index (χ1v) is 9.55. The van der Waals surface area contributed by atoms with Crippen LogP contribution < -0.4 is 14.8 Å². The van der Waals surface area contributed by atoms with Gasteiger partial charge in [-0.1, -0.05) is 19.9 Å². The van der Waals surface area contributed by atoms with E-state index in [2.05, 4.69) is 24.1 Å². The number of hydrogen-bond donors (Lipinski definition) is 1. The second-order valence-corrected chi connectivity index (χ2v) is 7.62. The SMILES string of the molecule is CC(C)Cc1nc(C(=O)N[C@@H](C)c2ccc3c(c2)OCCCO3)cs1. The van der Waals surface area contributed by atoms with Crippen LogP contribution in [0.4, 0.5) is 0 Å². The molecule has 2 aromatic rings. The quantitative estimate of drug-likeness (QED) is 0.876. The Bertz CT molecular complexity index is 742. The lowest BCUT2D eigenvalue weighted by atomic mass is 10.1. The van der Waals surface area contributed by atoms with Gasteiger partial charge in [-0.05, 0) is 30.5 Å². The number of aromatic nitrogens is 1. The van der Waals surface area contributed by atoms with E-state index in [-0.39, 0.29) is 11.9 Å². The van der Waals surface area contributed by atoms with Crippen LogP contribution in [0.25, 0.3) is 0 Å². The molecule has 0 radical (unpaired) electrons. The smallest absolute Gasteiger partial charge is 0.271 e. The summed E-state index contributed by atoms with van der Waals surface area (Å²) in [5.41, 5.74) is 1.47. The van der Waals surface area contributed by atoms with Gasteiger partial charge in [-0.2, -0.15) is 0 Å². The fourth-order valence-corrected chi connectivity index (χ4v) is 3.65. The van der Waals surface area contributed by atoms with E-state index in [1.807, 2.05) is 30.5 Å². The lowest BCUT2D eigenvalue weighted by molar-refractivity contribution is 0.0935. The van der Waals surface area contributed by atoms with Crippen LogP contribution in [0.3, 0.4) is 0 Å². The molecule has 0 fully saturated rings. The zero-order valence-electron chi connectivity index (χ0n) is 14.9. The van der Waals surface area contributed by atoms with Crippen LogP contribution in [-0.2, 0) is 6.42 Å². The van der Waals surface area contributed by atoms with Crippen LogP contribution in [0.1, 0.15) is 54.3 Å². The first kappa shape index (κ1) is 17.7. The van der Waals surface area contributed by atoms with Crippen LogP contribution in [0.2, 0.25) is 0 Å². The molecule has 1 aliphatic rings. The Hall–Kier alpha value is -2.08. The van der Waals surface area contributed by atoms with Crippen molar-refractivity contribution in [1.29, 1.82) is 0 Å². The van der Waals surface area contributed by atoms with E-state index in [9.17, 15) is 4.79 Å². The highest BCUT2D eigenvalue weighted by Gasteiger charge is 2.17. The third-order valence-corrected chi connectivity index (χ3v) is 4.86. The summed E-state index contributed by atoms with van der Waals surface area (Å²) in [6, 6.07) is 5.67. The monoisotopic (exact) mass is 360 g/mol. The Labute approximate surface area is 152 Å². The maximum absolute atomic E-state index is 12.4. The van der Waals surface area contributed by atoms with Gasteiger partial charge in [0.25, 0.3) is 5.91 Å². The fraction of sp³-hybridized carbons (Fsp3) is 0.474. The number of hydrogen-bond acceptors (Lipinski definition) is 5. The molecule has 25 heavy (non-hydrogen) atoms. The molecule has 5 nitrogen and oxygen atoms in total. The van der Waals surface area contributed by atoms with Crippen LogP contribution >= 0.6 is 11.3 Å². The van der Waals surface area contributed by atoms with Gasteiger partial charge in [-0.15, -0.1) is 11.3 Å². The zero-order chi connectivity index (χ0) is 17.8. The molecule has 2 heterocycles. The number of carbonyl (C=O) groups excluding carboxylic acids is 1. The van der Waals surface area contributed by atoms with Gasteiger partial charge >= 0.3 is 0 Å². The Balaban J connectivity index is 1.67. The number of ether oxygens (including phenoxy) is 2. The maximum Gasteiger partial charge on any atom is 0.271 e. The summed E-state index contributed by atoms with van der Waals surface area (Å²) in [4.78, 5) is 16.9. The first-order chi connectivity index (χ1) is 12.0. The summed E-state index contributed by atoms with van der Waals surface area (Å²) in [6.07, 6.45) is 1.77. The first-order valence-electron chi connectivity index (χ1n) is 8.67. The molecule has 1 amide bonds. The second-order valence-electron chi connectivity index (χ2n) is 6.68. The molecule has 0 spiro atoms. The molecule has 1 N–H and O–H groups in total. The Morgan fingerprint density at radius 1 is 1.24 bits per heavy atom. The molecule has 0 saturated heterocycles. The minimum atomic E-state index is -0.147. The number of carbonyl (C=O) groups is 1. The van der Waals surface area contributed by atoms with Crippen LogP contribution in [0.5, 0.6) is 11.5 Å². The summed E-state index contributed by atoms with van der Waals surface area (Å²) >= 11 is 1.54. The highest BCUT2D eigenvalue weighted by Crippen LogP contribution is 2.32. The predicted molar refractivity (Wildman–Crippen MR) is 98.6 cm³/mol. The summed E-state index contributed by atoms with van der Waals surface area (Å²) in [5.74, 6) is 1.88. The van der Waals surface area contributed by atoms with E-state index >= 15 is 0 Å². The van der Waals surface area contributed by atoms with Crippen molar-refractivity contribution in [2.45, 2.75) is 39.7 Å². The number of nitrogens with zero attached hydrogens (tertiary/aromatic N) is 1. The van der Waals surface area contributed by atoms with Gasteiger partial charge in [-0.3, -0.25) is 4.79 Å². The largest absolute Gasteiger partial charge is 0.490 e. The van der Waals surface area contributed by atoms with Gasteiger partial charge in [-0.25, -0.2) is 4.98 Å². The van der Waals surface area contributed by atoms with Gasteiger partial charge < -0.3 is 14.8 Å². The summed E-state index contributed by atoms with van der Waals surface area (Å²) in [7, 11) is 0. The molecule has 1 aromatic carbocycles. The summed E-state index contributed by atoms with van der Waals surface area (Å²) < 4.78 is 11.4. The summed E-state index contributed by atoms with van der Waals surface area (Å²) in [5, 5.41) is 5.84. The van der Waals surface area contributed by atoms with Gasteiger partial charge in [0.1, 0.15) is 5.69 Å². The predicted octanol–water partition coefficient (Wildman–Crippen LogP) is 3.99. The van der Waals surface area contributed by atoms with Crippen molar-refractivity contribution in [3.63, 3.8) is 0 Å². The Morgan fingerprint density at radius 3 is 2.76 bits per heavy atom. The van der Waals surface area contributed by atoms with Crippen molar-refractivity contribution >= 4 is 17.2 Å². The molecule has 1 aliphatic heterocycles. The van der Waals surface area contributed by atoms with Crippen LogP contribution in [0, 0.1) is 5.92 Å². The molecule has 0 aliphatic carbocycles. The third-order valence-electron chi connectivity index (χ3n) is 3.99. The average molecular weight is 360 g/mol. The van der Waals surface area contributed by atoms with Crippen molar-refractivity contribution in [1.82, 2.24) is 10.3 Å². The van der Waals surface area contributed by atoms with Crippen molar-refractivity contribution in [2.24, 2.45) is 5.92 Å². The minimum absolute atomic E-state index is 0.139. The number of rotatable bonds is 5. The van der Waals surface area contributed by atoms with E-state index in [4.69, 9.17) is 9.47 Å². The van der Waals surface area contributed by atoms with Gasteiger partial charge in [0.05, 0.1) is 24.3 Å². The van der Waals surface area contributed by atoms with Crippen molar-refractivity contribution in [3.8, 4) is 11.5 Å². The van der Waals surface area contributed by atoms with E-state index in [0.717, 1.165) is 34.9 Å². The lowest BCUT2D eigenvalue weighted by Gasteiger charge is -2.16. The van der Waals surface area contributed by atoms with Gasteiger partial charge in [0, 0.05) is 18.2 Å². The molecule has 1 aromatic heterocycles. The number of benzene rings is 1. The number of amides is 1. The normalized spacial score (nSPS) is 14.9. The van der Waals surface area contributed by atoms with Crippen molar-refractivity contribution < 1.29 is 14.3 Å². The molecular weight excluding hydrogens is 336 g/mol. The minimum Gasteiger partial charge on any atom is -0.490 e. The fourth-order valence-electron chi connectivity index (χ4n) is 2.66. The second kappa shape index (κ2) is 7.87. The molecule has 0 saturated carbocycles. The van der Waals surface area contributed by atoms with Crippen LogP contribution in [-0.4, -0.2) is 24.1 Å². The number of nitrogens with one attached hydrogen (secondary N) is 1. The van der Waals surface area contributed by atoms with Crippen molar-refractivity contribution in [2.75, 3.05) is 13.2 Å². The summed E-state index contributed by atoms with van der Waals surface area (Å²) in [6.45, 7) is 7.56. The van der Waals surface area contributed by atoms with Gasteiger partial charge in [0.15, 0.2) is 11.5 Å². The van der Waals surface area contributed by atoms with Crippen molar-refractivity contribution in [3.05, 3.63) is 39.8 Å². The number of thiazole rings is 1. The molecule has 1 atom stereocenters. The third kappa shape index (κ3) is 4.51. The zero-order valence-corrected chi connectivity index (χ0v) is 15.7. The van der Waals surface area contributed by atoms with E-state index in [1.165, 1.54) is 0 Å². The molecule has 0 bridgehead atoms. The molecule has 6 heteroatoms. The standard InChI is InChI=1S/C19H24N2O3S/c1-12(2)9-18-21-15(11-25-18)19(22)20-13(3)14-5-6-16-17(10-14)24-8-4-7-23-16/h5-6,10-13H,4,7-9H2,1-3H3,(H,20,22)/t13-/m0/s1. The maximum atomic E-state index is 12.4. The molecule has 134 valence electrons. The highest BCUT2D eigenvalue weighted by molar-refractivity contribution is 7.09.